The largest absolute Gasteiger partial charge is 0.358 e. The third-order valence-corrected chi connectivity index (χ3v) is 5.78. The van der Waals surface area contributed by atoms with Crippen LogP contribution in [0, 0.1) is 0 Å². The van der Waals surface area contributed by atoms with E-state index in [9.17, 15) is 9.59 Å². The molecule has 0 radical (unpaired) electrons. The number of rotatable bonds is 4. The van der Waals surface area contributed by atoms with Gasteiger partial charge in [-0.05, 0) is 38.1 Å². The highest BCUT2D eigenvalue weighted by Gasteiger charge is 2.27. The van der Waals surface area contributed by atoms with Crippen LogP contribution in [-0.4, -0.2) is 31.5 Å². The van der Waals surface area contributed by atoms with Gasteiger partial charge in [0.25, 0.3) is 5.56 Å². The molecular formula is C23H20ClN7O2. The number of hydrogen-bond donors (Lipinski definition) is 3. The fourth-order valence-corrected chi connectivity index (χ4v) is 4.07. The fraction of sp³-hybridized carbons (Fsp3) is 0.174. The highest BCUT2D eigenvalue weighted by molar-refractivity contribution is 6.35. The molecule has 9 nitrogen and oxygen atoms in total. The minimum Gasteiger partial charge on any atom is -0.358 e. The van der Waals surface area contributed by atoms with Gasteiger partial charge in [0.1, 0.15) is 23.9 Å². The number of anilines is 3. The Labute approximate surface area is 193 Å². The number of nitrogens with one attached hydrogen (secondary N) is 3. The van der Waals surface area contributed by atoms with Crippen molar-refractivity contribution >= 4 is 45.7 Å². The zero-order valence-electron chi connectivity index (χ0n) is 17.8. The summed E-state index contributed by atoms with van der Waals surface area (Å²) in [4.78, 5) is 39.1. The van der Waals surface area contributed by atoms with Gasteiger partial charge in [0, 0.05) is 0 Å². The van der Waals surface area contributed by atoms with E-state index in [4.69, 9.17) is 16.6 Å². The van der Waals surface area contributed by atoms with Crippen LogP contribution in [0.15, 0.2) is 59.7 Å². The molecule has 0 bridgehead atoms. The van der Waals surface area contributed by atoms with Crippen molar-refractivity contribution in [3.8, 4) is 5.69 Å². The fourth-order valence-electron chi connectivity index (χ4n) is 3.82. The molecule has 2 atom stereocenters. The van der Waals surface area contributed by atoms with Crippen LogP contribution in [0.25, 0.3) is 16.6 Å². The van der Waals surface area contributed by atoms with E-state index < -0.39 is 12.1 Å². The smallest absolute Gasteiger partial charge is 0.267 e. The van der Waals surface area contributed by atoms with Crippen molar-refractivity contribution in [1.29, 1.82) is 0 Å². The summed E-state index contributed by atoms with van der Waals surface area (Å²) in [7, 11) is 0. The SMILES string of the molecule is C[C@H](Nc1ncnc2c1NC(=O)[C@@H](C)N2)c1nc2cccc(Cl)c2c(=O)n1-c1ccccc1. The molecule has 10 heteroatoms. The van der Waals surface area contributed by atoms with Gasteiger partial charge in [-0.2, -0.15) is 0 Å². The molecule has 3 heterocycles. The molecule has 1 amide bonds. The molecule has 2 aromatic heterocycles. The van der Waals surface area contributed by atoms with Crippen molar-refractivity contribution in [1.82, 2.24) is 19.5 Å². The molecule has 0 aliphatic carbocycles. The number of halogens is 1. The van der Waals surface area contributed by atoms with Gasteiger partial charge < -0.3 is 16.0 Å². The molecule has 0 spiro atoms. The van der Waals surface area contributed by atoms with Crippen molar-refractivity contribution in [2.45, 2.75) is 25.9 Å². The molecule has 4 aromatic rings. The summed E-state index contributed by atoms with van der Waals surface area (Å²) in [5.41, 5.74) is 1.34. The van der Waals surface area contributed by atoms with E-state index in [0.29, 0.717) is 44.8 Å². The van der Waals surface area contributed by atoms with Gasteiger partial charge in [-0.25, -0.2) is 15.0 Å². The van der Waals surface area contributed by atoms with Crippen LogP contribution in [0.3, 0.4) is 0 Å². The van der Waals surface area contributed by atoms with Crippen LogP contribution >= 0.6 is 11.6 Å². The predicted molar refractivity (Wildman–Crippen MR) is 128 cm³/mol. The molecule has 0 fully saturated rings. The van der Waals surface area contributed by atoms with E-state index in [0.717, 1.165) is 0 Å². The number of benzene rings is 2. The van der Waals surface area contributed by atoms with E-state index in [-0.39, 0.29) is 11.5 Å². The Morgan fingerprint density at radius 2 is 1.88 bits per heavy atom. The van der Waals surface area contributed by atoms with Crippen LogP contribution in [0.2, 0.25) is 5.02 Å². The maximum Gasteiger partial charge on any atom is 0.267 e. The zero-order valence-corrected chi connectivity index (χ0v) is 18.6. The van der Waals surface area contributed by atoms with E-state index in [2.05, 4.69) is 25.9 Å². The maximum atomic E-state index is 13.6. The summed E-state index contributed by atoms with van der Waals surface area (Å²) < 4.78 is 1.54. The highest BCUT2D eigenvalue weighted by Crippen LogP contribution is 2.32. The second-order valence-corrected chi connectivity index (χ2v) is 8.15. The number of amides is 1. The van der Waals surface area contributed by atoms with Crippen LogP contribution < -0.4 is 21.5 Å². The number of carbonyl (C=O) groups excluding carboxylic acids is 1. The van der Waals surface area contributed by atoms with Crippen molar-refractivity contribution in [2.24, 2.45) is 0 Å². The quantitative estimate of drug-likeness (QED) is 0.424. The molecule has 0 unspecified atom stereocenters. The first-order valence-electron chi connectivity index (χ1n) is 10.4. The third-order valence-electron chi connectivity index (χ3n) is 5.47. The van der Waals surface area contributed by atoms with E-state index in [1.165, 1.54) is 6.33 Å². The second kappa shape index (κ2) is 8.18. The average Bonchev–Trinajstić information content (AvgIpc) is 2.80. The monoisotopic (exact) mass is 461 g/mol. The van der Waals surface area contributed by atoms with Gasteiger partial charge in [-0.15, -0.1) is 0 Å². The minimum absolute atomic E-state index is 0.187. The number of fused-ring (bicyclic) bond motifs is 2. The lowest BCUT2D eigenvalue weighted by Gasteiger charge is -2.26. The lowest BCUT2D eigenvalue weighted by molar-refractivity contribution is -0.116. The maximum absolute atomic E-state index is 13.6. The van der Waals surface area contributed by atoms with Crippen molar-refractivity contribution in [3.05, 3.63) is 76.1 Å². The van der Waals surface area contributed by atoms with Crippen LogP contribution in [0.1, 0.15) is 25.7 Å². The number of carbonyl (C=O) groups is 1. The summed E-state index contributed by atoms with van der Waals surface area (Å²) in [6, 6.07) is 13.6. The molecule has 3 N–H and O–H groups in total. The van der Waals surface area contributed by atoms with Crippen LogP contribution in [0.4, 0.5) is 17.3 Å². The van der Waals surface area contributed by atoms with Gasteiger partial charge in [0.15, 0.2) is 11.6 Å². The normalized spacial score (nSPS) is 16.0. The van der Waals surface area contributed by atoms with Gasteiger partial charge in [-0.1, -0.05) is 35.9 Å². The van der Waals surface area contributed by atoms with Crippen LogP contribution in [-0.2, 0) is 4.79 Å². The Morgan fingerprint density at radius 1 is 1.09 bits per heavy atom. The predicted octanol–water partition coefficient (Wildman–Crippen LogP) is 3.75. The Bertz CT molecular complexity index is 1440. The molecule has 0 saturated heterocycles. The topological polar surface area (TPSA) is 114 Å². The first-order valence-corrected chi connectivity index (χ1v) is 10.8. The van der Waals surface area contributed by atoms with E-state index in [1.54, 1.807) is 29.7 Å². The van der Waals surface area contributed by atoms with Gasteiger partial charge >= 0.3 is 0 Å². The standard InChI is InChI=1S/C23H20ClN7O2/c1-12(27-19-18-20(26-11-25-19)28-13(2)22(32)30-18)21-29-16-10-6-9-15(24)17(16)23(33)31(21)14-7-4-3-5-8-14/h3-13H,1-2H3,(H,30,32)(H2,25,26,27,28)/t12-,13+/m0/s1. The molecule has 166 valence electrons. The summed E-state index contributed by atoms with van der Waals surface area (Å²) in [6.07, 6.45) is 1.41. The number of aromatic nitrogens is 4. The Morgan fingerprint density at radius 3 is 2.67 bits per heavy atom. The van der Waals surface area contributed by atoms with E-state index in [1.807, 2.05) is 37.3 Å². The lowest BCUT2D eigenvalue weighted by Crippen LogP contribution is -2.37. The van der Waals surface area contributed by atoms with E-state index >= 15 is 0 Å². The second-order valence-electron chi connectivity index (χ2n) is 7.75. The molecule has 0 saturated carbocycles. The first kappa shape index (κ1) is 20.9. The van der Waals surface area contributed by atoms with Crippen LogP contribution in [0.5, 0.6) is 0 Å². The molecule has 33 heavy (non-hydrogen) atoms. The van der Waals surface area contributed by atoms with Gasteiger partial charge in [0.05, 0.1) is 27.7 Å². The van der Waals surface area contributed by atoms with Crippen molar-refractivity contribution < 1.29 is 4.79 Å². The molecule has 1 aliphatic rings. The first-order chi connectivity index (χ1) is 15.9. The lowest BCUT2D eigenvalue weighted by atomic mass is 10.2. The Hall–Kier alpha value is -3.98. The zero-order chi connectivity index (χ0) is 23.1. The Kier molecular flexibility index (Phi) is 5.18. The van der Waals surface area contributed by atoms with Crippen molar-refractivity contribution in [2.75, 3.05) is 16.0 Å². The summed E-state index contributed by atoms with van der Waals surface area (Å²) in [5.74, 6) is 1.22. The number of hydrogen-bond acceptors (Lipinski definition) is 7. The third kappa shape index (κ3) is 3.66. The molecule has 5 rings (SSSR count). The minimum atomic E-state index is -0.462. The molecular weight excluding hydrogens is 442 g/mol. The average molecular weight is 462 g/mol. The molecule has 1 aliphatic heterocycles. The van der Waals surface area contributed by atoms with Gasteiger partial charge in [0.2, 0.25) is 5.91 Å². The summed E-state index contributed by atoms with van der Waals surface area (Å²) in [6.45, 7) is 3.62. The summed E-state index contributed by atoms with van der Waals surface area (Å²) >= 11 is 6.36. The Balaban J connectivity index is 1.64. The van der Waals surface area contributed by atoms with Crippen molar-refractivity contribution in [3.63, 3.8) is 0 Å². The summed E-state index contributed by atoms with van der Waals surface area (Å²) in [5, 5.41) is 9.86. The molecule has 2 aromatic carbocycles. The number of para-hydroxylation sites is 1. The van der Waals surface area contributed by atoms with Gasteiger partial charge in [-0.3, -0.25) is 14.2 Å². The highest BCUT2D eigenvalue weighted by atomic mass is 35.5. The number of nitrogens with zero attached hydrogens (tertiary/aromatic N) is 4.